The number of aliphatic hydroxyl groups is 5. The van der Waals surface area contributed by atoms with Gasteiger partial charge in [-0.25, -0.2) is 0 Å². The van der Waals surface area contributed by atoms with E-state index in [1.165, 1.54) is 0 Å². The lowest BCUT2D eigenvalue weighted by atomic mass is 9.84. The minimum atomic E-state index is -1.58. The third-order valence-corrected chi connectivity index (χ3v) is 2.56. The molecule has 96 valence electrons. The molecule has 0 amide bonds. The first-order valence-electron chi connectivity index (χ1n) is 5.23. The molecule has 0 aromatic heterocycles. The maximum Gasteiger partial charge on any atom is 0.115 e. The van der Waals surface area contributed by atoms with E-state index in [0.29, 0.717) is 0 Å². The van der Waals surface area contributed by atoms with Crippen molar-refractivity contribution < 1.29 is 30.3 Å². The van der Waals surface area contributed by atoms with E-state index in [9.17, 15) is 25.5 Å². The second kappa shape index (κ2) is 4.56. The van der Waals surface area contributed by atoms with Crippen LogP contribution in [0.2, 0.25) is 0 Å². The van der Waals surface area contributed by atoms with E-state index in [0.717, 1.165) is 0 Å². The topological polar surface area (TPSA) is 110 Å². The fourth-order valence-electron chi connectivity index (χ4n) is 1.74. The predicted octanol–water partition coefficient (Wildman–Crippen LogP) is -2.01. The Morgan fingerprint density at radius 3 is 1.31 bits per heavy atom. The second-order valence-corrected chi connectivity index (χ2v) is 5.15. The Kier molecular flexibility index (Phi) is 3.94. The first kappa shape index (κ1) is 13.8. The first-order valence-corrected chi connectivity index (χ1v) is 5.23. The van der Waals surface area contributed by atoms with E-state index in [2.05, 4.69) is 0 Å². The quantitative estimate of drug-likeness (QED) is 0.360. The van der Waals surface area contributed by atoms with Crippen LogP contribution >= 0.6 is 0 Å². The summed E-state index contributed by atoms with van der Waals surface area (Å²) < 4.78 is 5.36. The van der Waals surface area contributed by atoms with Crippen molar-refractivity contribution in [1.29, 1.82) is 0 Å². The van der Waals surface area contributed by atoms with Gasteiger partial charge in [0.1, 0.15) is 36.6 Å². The monoisotopic (exact) mass is 236 g/mol. The summed E-state index contributed by atoms with van der Waals surface area (Å²) in [5, 5.41) is 47.5. The highest BCUT2D eigenvalue weighted by molar-refractivity contribution is 5.00. The second-order valence-electron chi connectivity index (χ2n) is 5.15. The number of hydrogen-bond donors (Lipinski definition) is 5. The standard InChI is InChI=1S/C10H20O6/c1-10(2,3)16-9-7(14)5(12)4(11)6(13)8(9)15/h4-9,11-15H,1-3H3. The molecule has 0 aromatic carbocycles. The number of rotatable bonds is 1. The Morgan fingerprint density at radius 2 is 1.00 bits per heavy atom. The zero-order valence-corrected chi connectivity index (χ0v) is 9.61. The average Bonchev–Trinajstić information content (AvgIpc) is 2.17. The Balaban J connectivity index is 2.83. The van der Waals surface area contributed by atoms with Gasteiger partial charge in [-0.05, 0) is 20.8 Å². The first-order chi connectivity index (χ1) is 7.15. The van der Waals surface area contributed by atoms with Gasteiger partial charge in [-0.3, -0.25) is 0 Å². The summed E-state index contributed by atoms with van der Waals surface area (Å²) in [5.74, 6) is 0. The fourth-order valence-corrected chi connectivity index (χ4v) is 1.74. The molecule has 0 spiro atoms. The van der Waals surface area contributed by atoms with Gasteiger partial charge in [-0.1, -0.05) is 0 Å². The highest BCUT2D eigenvalue weighted by Crippen LogP contribution is 2.27. The fraction of sp³-hybridized carbons (Fsp3) is 1.00. The van der Waals surface area contributed by atoms with Crippen LogP contribution in [-0.4, -0.2) is 67.8 Å². The van der Waals surface area contributed by atoms with Crippen molar-refractivity contribution in [1.82, 2.24) is 0 Å². The summed E-state index contributed by atoms with van der Waals surface area (Å²) in [7, 11) is 0. The molecule has 0 bridgehead atoms. The van der Waals surface area contributed by atoms with Crippen molar-refractivity contribution in [2.24, 2.45) is 0 Å². The van der Waals surface area contributed by atoms with E-state index >= 15 is 0 Å². The lowest BCUT2D eigenvalue weighted by Gasteiger charge is -2.43. The minimum absolute atomic E-state index is 0.644. The molecule has 1 aliphatic carbocycles. The Hall–Kier alpha value is -0.240. The molecule has 0 aliphatic heterocycles. The molecule has 5 N–H and O–H groups in total. The van der Waals surface area contributed by atoms with Gasteiger partial charge in [0.25, 0.3) is 0 Å². The summed E-state index contributed by atoms with van der Waals surface area (Å²) in [6, 6.07) is 0. The maximum atomic E-state index is 9.65. The van der Waals surface area contributed by atoms with E-state index in [1.54, 1.807) is 20.8 Å². The normalized spacial score (nSPS) is 45.8. The van der Waals surface area contributed by atoms with Gasteiger partial charge in [0, 0.05) is 0 Å². The number of ether oxygens (including phenoxy) is 1. The molecule has 6 heteroatoms. The van der Waals surface area contributed by atoms with Crippen LogP contribution in [-0.2, 0) is 4.74 Å². The van der Waals surface area contributed by atoms with Gasteiger partial charge in [0.05, 0.1) is 5.60 Å². The number of hydrogen-bond acceptors (Lipinski definition) is 6. The molecule has 0 radical (unpaired) electrons. The Bertz CT molecular complexity index is 222. The van der Waals surface area contributed by atoms with Crippen molar-refractivity contribution >= 4 is 0 Å². The van der Waals surface area contributed by atoms with Crippen molar-refractivity contribution in [3.8, 4) is 0 Å². The van der Waals surface area contributed by atoms with Crippen LogP contribution < -0.4 is 0 Å². The van der Waals surface area contributed by atoms with Gasteiger partial charge >= 0.3 is 0 Å². The van der Waals surface area contributed by atoms with Crippen molar-refractivity contribution in [3.63, 3.8) is 0 Å². The van der Waals surface area contributed by atoms with Crippen LogP contribution in [0.4, 0.5) is 0 Å². The lowest BCUT2D eigenvalue weighted by Crippen LogP contribution is -2.65. The summed E-state index contributed by atoms with van der Waals surface area (Å²) in [6.45, 7) is 5.16. The molecule has 6 nitrogen and oxygen atoms in total. The predicted molar refractivity (Wildman–Crippen MR) is 54.7 cm³/mol. The van der Waals surface area contributed by atoms with Gasteiger partial charge in [0.15, 0.2) is 0 Å². The third kappa shape index (κ3) is 2.71. The zero-order chi connectivity index (χ0) is 12.7. The van der Waals surface area contributed by atoms with Crippen LogP contribution in [0.3, 0.4) is 0 Å². The van der Waals surface area contributed by atoms with Crippen LogP contribution in [0.15, 0.2) is 0 Å². The molecule has 1 fully saturated rings. The smallest absolute Gasteiger partial charge is 0.115 e. The van der Waals surface area contributed by atoms with Crippen molar-refractivity contribution in [2.45, 2.75) is 63.0 Å². The molecule has 0 heterocycles. The van der Waals surface area contributed by atoms with Gasteiger partial charge in [0.2, 0.25) is 0 Å². The van der Waals surface area contributed by atoms with Crippen LogP contribution in [0.25, 0.3) is 0 Å². The number of aliphatic hydroxyl groups excluding tert-OH is 5. The zero-order valence-electron chi connectivity index (χ0n) is 9.61. The molecule has 1 aliphatic rings. The van der Waals surface area contributed by atoms with E-state index in [-0.39, 0.29) is 0 Å². The van der Waals surface area contributed by atoms with Crippen LogP contribution in [0, 0.1) is 0 Å². The van der Waals surface area contributed by atoms with Gasteiger partial charge in [-0.15, -0.1) is 0 Å². The van der Waals surface area contributed by atoms with E-state index in [1.807, 2.05) is 0 Å². The van der Waals surface area contributed by atoms with Gasteiger partial charge < -0.3 is 30.3 Å². The Labute approximate surface area is 94.1 Å². The van der Waals surface area contributed by atoms with Crippen molar-refractivity contribution in [3.05, 3.63) is 0 Å². The Morgan fingerprint density at radius 1 is 0.688 bits per heavy atom. The molecule has 0 aromatic rings. The molecular weight excluding hydrogens is 216 g/mol. The molecule has 1 saturated carbocycles. The highest BCUT2D eigenvalue weighted by atomic mass is 16.5. The van der Waals surface area contributed by atoms with Gasteiger partial charge in [-0.2, -0.15) is 0 Å². The molecule has 4 atom stereocenters. The SMILES string of the molecule is CC(C)(C)OC1C(O)C(O)C(O)C(O)C1O. The van der Waals surface area contributed by atoms with E-state index in [4.69, 9.17) is 4.74 Å². The summed E-state index contributed by atoms with van der Waals surface area (Å²) in [4.78, 5) is 0. The minimum Gasteiger partial charge on any atom is -0.387 e. The molecular formula is C10H20O6. The average molecular weight is 236 g/mol. The molecule has 4 unspecified atom stereocenters. The molecule has 16 heavy (non-hydrogen) atoms. The van der Waals surface area contributed by atoms with Crippen molar-refractivity contribution in [2.75, 3.05) is 0 Å². The van der Waals surface area contributed by atoms with E-state index < -0.39 is 42.2 Å². The lowest BCUT2D eigenvalue weighted by molar-refractivity contribution is -0.254. The molecule has 1 rings (SSSR count). The summed E-state index contributed by atoms with van der Waals surface area (Å²) in [6.07, 6.45) is -8.66. The summed E-state index contributed by atoms with van der Waals surface area (Å²) in [5.41, 5.74) is -0.644. The van der Waals surface area contributed by atoms with Crippen LogP contribution in [0.5, 0.6) is 0 Å². The highest BCUT2D eigenvalue weighted by Gasteiger charge is 2.49. The maximum absolute atomic E-state index is 9.65. The summed E-state index contributed by atoms with van der Waals surface area (Å²) >= 11 is 0. The third-order valence-electron chi connectivity index (χ3n) is 2.56. The van der Waals surface area contributed by atoms with Crippen LogP contribution in [0.1, 0.15) is 20.8 Å². The largest absolute Gasteiger partial charge is 0.387 e. The molecule has 0 saturated heterocycles.